The molecule has 0 amide bonds. The molecule has 0 saturated heterocycles. The first kappa shape index (κ1) is 30.5. The lowest BCUT2D eigenvalue weighted by Gasteiger charge is -2.08. The second-order valence-corrected chi connectivity index (χ2v) is 10.6. The Labute approximate surface area is 236 Å². The molecule has 0 aliphatic heterocycles. The summed E-state index contributed by atoms with van der Waals surface area (Å²) in [6, 6.07) is 14.8. The van der Waals surface area contributed by atoms with Crippen LogP contribution in [0.3, 0.4) is 0 Å². The maximum atomic E-state index is 12.6. The molecule has 0 radical (unpaired) electrons. The molecule has 0 saturated carbocycles. The molecular formula is C34H49N2O3+. The number of aryl methyl sites for hydroxylation is 1. The summed E-state index contributed by atoms with van der Waals surface area (Å²) < 4.78 is 15.7. The summed E-state index contributed by atoms with van der Waals surface area (Å²) in [5.74, 6) is 0.947. The lowest BCUT2D eigenvalue weighted by Crippen LogP contribution is -2.30. The number of rotatable bonds is 20. The number of hydrogen-bond donors (Lipinski definition) is 0. The first-order valence-corrected chi connectivity index (χ1v) is 15.3. The zero-order valence-electron chi connectivity index (χ0n) is 24.3. The van der Waals surface area contributed by atoms with Gasteiger partial charge in [0, 0.05) is 0 Å². The van der Waals surface area contributed by atoms with Gasteiger partial charge in [0.15, 0.2) is 0 Å². The van der Waals surface area contributed by atoms with Gasteiger partial charge in [-0.1, -0.05) is 84.5 Å². The zero-order chi connectivity index (χ0) is 27.5. The van der Waals surface area contributed by atoms with Crippen LogP contribution in [0.5, 0.6) is 11.5 Å². The molecule has 0 atom stereocenters. The zero-order valence-corrected chi connectivity index (χ0v) is 24.3. The molecule has 2 aromatic carbocycles. The number of carbonyl (C=O) groups is 1. The molecular weight excluding hydrogens is 484 g/mol. The highest BCUT2D eigenvalue weighted by Crippen LogP contribution is 2.19. The summed E-state index contributed by atoms with van der Waals surface area (Å²) >= 11 is 0. The van der Waals surface area contributed by atoms with Crippen molar-refractivity contribution in [2.45, 2.75) is 110 Å². The van der Waals surface area contributed by atoms with Gasteiger partial charge >= 0.3 is 5.97 Å². The van der Waals surface area contributed by atoms with Gasteiger partial charge in [-0.2, -0.15) is 0 Å². The van der Waals surface area contributed by atoms with Crippen LogP contribution in [0.25, 0.3) is 5.69 Å². The molecule has 212 valence electrons. The smallest absolute Gasteiger partial charge is 0.343 e. The van der Waals surface area contributed by atoms with Crippen LogP contribution >= 0.6 is 0 Å². The van der Waals surface area contributed by atoms with Crippen molar-refractivity contribution >= 4 is 5.97 Å². The molecule has 0 N–H and O–H groups in total. The summed E-state index contributed by atoms with van der Waals surface area (Å²) in [6.07, 6.45) is 24.5. The number of ether oxygens (including phenoxy) is 2. The Bertz CT molecular complexity index is 1060. The van der Waals surface area contributed by atoms with E-state index in [1.807, 2.05) is 36.4 Å². The van der Waals surface area contributed by atoms with Crippen LogP contribution in [0.1, 0.15) is 114 Å². The highest BCUT2D eigenvalue weighted by atomic mass is 16.5. The third kappa shape index (κ3) is 11.7. The fourth-order valence-corrected chi connectivity index (χ4v) is 4.72. The van der Waals surface area contributed by atoms with Crippen LogP contribution in [0.4, 0.5) is 0 Å². The van der Waals surface area contributed by atoms with E-state index in [-0.39, 0.29) is 5.97 Å². The first-order chi connectivity index (χ1) is 19.2. The number of imidazole rings is 1. The molecule has 1 aromatic heterocycles. The van der Waals surface area contributed by atoms with Crippen LogP contribution in [0.15, 0.2) is 67.3 Å². The summed E-state index contributed by atoms with van der Waals surface area (Å²) in [5, 5.41) is 0. The minimum absolute atomic E-state index is 0.368. The van der Waals surface area contributed by atoms with Gasteiger partial charge in [0.25, 0.3) is 0 Å². The SMILES string of the molecule is CCCCCCCCCCCC[n+]1ccn(-c2ccc(OC(=O)c3ccc(OCCCCCC)cc3)cc2)c1. The molecule has 5 heteroatoms. The number of unbranched alkanes of at least 4 members (excludes halogenated alkanes) is 12. The minimum atomic E-state index is -0.368. The molecule has 39 heavy (non-hydrogen) atoms. The molecule has 0 aliphatic rings. The number of esters is 1. The predicted molar refractivity (Wildman–Crippen MR) is 159 cm³/mol. The van der Waals surface area contributed by atoms with Crippen molar-refractivity contribution in [3.8, 4) is 17.2 Å². The van der Waals surface area contributed by atoms with Crippen LogP contribution < -0.4 is 14.0 Å². The van der Waals surface area contributed by atoms with E-state index in [0.29, 0.717) is 17.9 Å². The highest BCUT2D eigenvalue weighted by Gasteiger charge is 2.11. The van der Waals surface area contributed by atoms with Crippen LogP contribution in [-0.2, 0) is 6.54 Å². The van der Waals surface area contributed by atoms with E-state index >= 15 is 0 Å². The third-order valence-electron chi connectivity index (χ3n) is 7.16. The Morgan fingerprint density at radius 1 is 0.692 bits per heavy atom. The molecule has 0 spiro atoms. The number of aromatic nitrogens is 2. The Balaban J connectivity index is 1.36. The normalized spacial score (nSPS) is 11.0. The Morgan fingerprint density at radius 2 is 1.26 bits per heavy atom. The van der Waals surface area contributed by atoms with Gasteiger partial charge in [-0.3, -0.25) is 0 Å². The van der Waals surface area contributed by atoms with Crippen molar-refractivity contribution in [1.82, 2.24) is 4.57 Å². The maximum Gasteiger partial charge on any atom is 0.343 e. The molecule has 0 fully saturated rings. The maximum absolute atomic E-state index is 12.6. The van der Waals surface area contributed by atoms with Crippen LogP contribution in [0.2, 0.25) is 0 Å². The second kappa shape index (κ2) is 18.3. The minimum Gasteiger partial charge on any atom is -0.494 e. The van der Waals surface area contributed by atoms with Gasteiger partial charge in [0.1, 0.15) is 29.6 Å². The van der Waals surface area contributed by atoms with Gasteiger partial charge in [0.05, 0.1) is 18.7 Å². The second-order valence-electron chi connectivity index (χ2n) is 10.6. The molecule has 0 unspecified atom stereocenters. The van der Waals surface area contributed by atoms with E-state index in [4.69, 9.17) is 9.47 Å². The molecule has 1 heterocycles. The standard InChI is InChI=1S/C34H49N2O3/c1-3-5-7-9-10-11-12-13-14-15-25-35-26-27-36(29-35)31-19-23-33(24-20-31)39-34(37)30-17-21-32(22-18-30)38-28-16-8-6-4-2/h17-24,26-27,29H,3-16,25,28H2,1-2H3/q+1. The Kier molecular flexibility index (Phi) is 14.3. The van der Waals surface area contributed by atoms with E-state index in [1.54, 1.807) is 12.1 Å². The van der Waals surface area contributed by atoms with Gasteiger partial charge in [-0.05, 0) is 67.8 Å². The topological polar surface area (TPSA) is 44.3 Å². The quantitative estimate of drug-likeness (QED) is 0.0630. The van der Waals surface area contributed by atoms with Gasteiger partial charge in [-0.15, -0.1) is 0 Å². The largest absolute Gasteiger partial charge is 0.494 e. The number of hydrogen-bond acceptors (Lipinski definition) is 3. The predicted octanol–water partition coefficient (Wildman–Crippen LogP) is 8.86. The van der Waals surface area contributed by atoms with Crippen molar-refractivity contribution in [2.24, 2.45) is 0 Å². The van der Waals surface area contributed by atoms with E-state index < -0.39 is 0 Å². The third-order valence-corrected chi connectivity index (χ3v) is 7.16. The summed E-state index contributed by atoms with van der Waals surface area (Å²) in [5.41, 5.74) is 1.55. The molecule has 3 aromatic rings. The van der Waals surface area contributed by atoms with E-state index in [0.717, 1.165) is 24.4 Å². The van der Waals surface area contributed by atoms with Crippen LogP contribution in [0, 0.1) is 0 Å². The Morgan fingerprint density at radius 3 is 1.90 bits per heavy atom. The molecule has 3 rings (SSSR count). The lowest BCUT2D eigenvalue weighted by molar-refractivity contribution is -0.696. The molecule has 0 aliphatic carbocycles. The van der Waals surface area contributed by atoms with Crippen molar-refractivity contribution in [1.29, 1.82) is 0 Å². The van der Waals surface area contributed by atoms with Gasteiger partial charge in [-0.25, -0.2) is 13.9 Å². The average Bonchev–Trinajstić information content (AvgIpc) is 3.43. The number of nitrogens with zero attached hydrogens (tertiary/aromatic N) is 2. The highest BCUT2D eigenvalue weighted by molar-refractivity contribution is 5.91. The van der Waals surface area contributed by atoms with Crippen molar-refractivity contribution in [2.75, 3.05) is 6.61 Å². The molecule has 5 nitrogen and oxygen atoms in total. The average molecular weight is 534 g/mol. The first-order valence-electron chi connectivity index (χ1n) is 15.3. The Hall–Kier alpha value is -3.08. The fraction of sp³-hybridized carbons (Fsp3) is 0.529. The fourth-order valence-electron chi connectivity index (χ4n) is 4.72. The monoisotopic (exact) mass is 533 g/mol. The van der Waals surface area contributed by atoms with Crippen LogP contribution in [-0.4, -0.2) is 17.1 Å². The van der Waals surface area contributed by atoms with E-state index in [9.17, 15) is 4.79 Å². The number of benzene rings is 2. The van der Waals surface area contributed by atoms with Crippen molar-refractivity contribution in [3.63, 3.8) is 0 Å². The number of carbonyl (C=O) groups excluding carboxylic acids is 1. The molecule has 0 bridgehead atoms. The van der Waals surface area contributed by atoms with Crippen molar-refractivity contribution < 1.29 is 18.8 Å². The van der Waals surface area contributed by atoms with E-state index in [2.05, 4.69) is 41.7 Å². The summed E-state index contributed by atoms with van der Waals surface area (Å²) in [7, 11) is 0. The summed E-state index contributed by atoms with van der Waals surface area (Å²) in [4.78, 5) is 12.6. The van der Waals surface area contributed by atoms with E-state index in [1.165, 1.54) is 83.5 Å². The van der Waals surface area contributed by atoms with Gasteiger partial charge in [0.2, 0.25) is 6.33 Å². The van der Waals surface area contributed by atoms with Crippen molar-refractivity contribution in [3.05, 3.63) is 72.8 Å². The lowest BCUT2D eigenvalue weighted by atomic mass is 10.1. The van der Waals surface area contributed by atoms with Gasteiger partial charge < -0.3 is 9.47 Å². The summed E-state index contributed by atoms with van der Waals surface area (Å²) in [6.45, 7) is 6.22.